The Bertz CT molecular complexity index is 383. The zero-order valence-electron chi connectivity index (χ0n) is 8.56. The minimum absolute atomic E-state index is 0.890. The van der Waals surface area contributed by atoms with Crippen molar-refractivity contribution in [1.29, 1.82) is 5.26 Å². The number of pyridine rings is 1. The van der Waals surface area contributed by atoms with Gasteiger partial charge in [-0.25, -0.2) is 0 Å². The Morgan fingerprint density at radius 1 is 1.40 bits per heavy atom. The molecule has 0 atom stereocenters. The van der Waals surface area contributed by atoms with Gasteiger partial charge in [-0.15, -0.1) is 0 Å². The number of likely N-dealkylation sites (tertiary alicyclic amines) is 1. The van der Waals surface area contributed by atoms with Crippen molar-refractivity contribution < 1.29 is 0 Å². The third kappa shape index (κ3) is 2.16. The molecule has 76 valence electrons. The molecule has 1 aromatic rings. The molecule has 0 amide bonds. The highest BCUT2D eigenvalue weighted by Crippen LogP contribution is 2.21. The van der Waals surface area contributed by atoms with E-state index in [1.807, 2.05) is 18.2 Å². The standard InChI is InChI=1S/C12H13N3/c13-7-6-12(15-9-3-4-10-15)11-5-1-2-8-14-11/h1-2,5-6,8H,3-4,9-10H2/b12-6-. The van der Waals surface area contributed by atoms with Gasteiger partial charge in [0.15, 0.2) is 0 Å². The van der Waals surface area contributed by atoms with Crippen LogP contribution in [0.25, 0.3) is 5.70 Å². The molecule has 1 saturated heterocycles. The van der Waals surface area contributed by atoms with Gasteiger partial charge < -0.3 is 4.90 Å². The summed E-state index contributed by atoms with van der Waals surface area (Å²) in [6.45, 7) is 2.06. The first-order chi connectivity index (χ1) is 7.42. The van der Waals surface area contributed by atoms with E-state index >= 15 is 0 Å². The smallest absolute Gasteiger partial charge is 0.0934 e. The SMILES string of the molecule is N#C/C=C(/c1ccccn1)N1CCCC1. The fraction of sp³-hybridized carbons (Fsp3) is 0.333. The fourth-order valence-electron chi connectivity index (χ4n) is 1.86. The van der Waals surface area contributed by atoms with Crippen LogP contribution in [0.1, 0.15) is 18.5 Å². The van der Waals surface area contributed by atoms with E-state index in [1.165, 1.54) is 12.8 Å². The molecule has 15 heavy (non-hydrogen) atoms. The molecule has 3 heteroatoms. The summed E-state index contributed by atoms with van der Waals surface area (Å²) in [5.74, 6) is 0. The third-order valence-corrected chi connectivity index (χ3v) is 2.58. The van der Waals surface area contributed by atoms with Gasteiger partial charge in [-0.05, 0) is 25.0 Å². The second kappa shape index (κ2) is 4.61. The van der Waals surface area contributed by atoms with Crippen LogP contribution in [0.3, 0.4) is 0 Å². The number of nitriles is 1. The van der Waals surface area contributed by atoms with E-state index < -0.39 is 0 Å². The first-order valence-corrected chi connectivity index (χ1v) is 5.18. The molecular formula is C12H13N3. The number of nitrogens with zero attached hydrogens (tertiary/aromatic N) is 3. The molecule has 0 aromatic carbocycles. The van der Waals surface area contributed by atoms with Crippen LogP contribution in [-0.4, -0.2) is 23.0 Å². The van der Waals surface area contributed by atoms with E-state index in [9.17, 15) is 0 Å². The molecule has 3 nitrogen and oxygen atoms in total. The molecule has 1 aromatic heterocycles. The van der Waals surface area contributed by atoms with Crippen molar-refractivity contribution in [2.75, 3.05) is 13.1 Å². The molecule has 0 N–H and O–H groups in total. The van der Waals surface area contributed by atoms with Crippen molar-refractivity contribution >= 4 is 5.70 Å². The quantitative estimate of drug-likeness (QED) is 0.684. The molecule has 0 saturated carbocycles. The zero-order valence-corrected chi connectivity index (χ0v) is 8.56. The van der Waals surface area contributed by atoms with Gasteiger partial charge in [0.2, 0.25) is 0 Å². The van der Waals surface area contributed by atoms with Gasteiger partial charge in [0, 0.05) is 25.4 Å². The lowest BCUT2D eigenvalue weighted by Crippen LogP contribution is -2.18. The molecule has 0 aliphatic carbocycles. The Hall–Kier alpha value is -1.82. The van der Waals surface area contributed by atoms with E-state index in [-0.39, 0.29) is 0 Å². The van der Waals surface area contributed by atoms with Gasteiger partial charge >= 0.3 is 0 Å². The Labute approximate surface area is 89.7 Å². The zero-order chi connectivity index (χ0) is 10.5. The summed E-state index contributed by atoms with van der Waals surface area (Å²) in [7, 11) is 0. The Balaban J connectivity index is 2.29. The number of allylic oxidation sites excluding steroid dienone is 1. The molecule has 1 aliphatic heterocycles. The van der Waals surface area contributed by atoms with Crippen molar-refractivity contribution in [3.63, 3.8) is 0 Å². The molecule has 0 spiro atoms. The summed E-state index contributed by atoms with van der Waals surface area (Å²) in [6, 6.07) is 7.88. The van der Waals surface area contributed by atoms with E-state index in [1.54, 1.807) is 12.3 Å². The van der Waals surface area contributed by atoms with Crippen molar-refractivity contribution in [2.45, 2.75) is 12.8 Å². The van der Waals surface area contributed by atoms with Gasteiger partial charge in [0.1, 0.15) is 0 Å². The molecule has 0 unspecified atom stereocenters. The molecule has 2 heterocycles. The topological polar surface area (TPSA) is 39.9 Å². The number of hydrogen-bond donors (Lipinski definition) is 0. The van der Waals surface area contributed by atoms with Crippen LogP contribution < -0.4 is 0 Å². The normalized spacial score (nSPS) is 16.5. The lowest BCUT2D eigenvalue weighted by Gasteiger charge is -2.19. The van der Waals surface area contributed by atoms with Crippen molar-refractivity contribution in [3.05, 3.63) is 36.2 Å². The summed E-state index contributed by atoms with van der Waals surface area (Å²) in [5.41, 5.74) is 1.84. The monoisotopic (exact) mass is 199 g/mol. The van der Waals surface area contributed by atoms with E-state index in [0.717, 1.165) is 24.5 Å². The van der Waals surface area contributed by atoms with Gasteiger partial charge in [0.25, 0.3) is 0 Å². The highest BCUT2D eigenvalue weighted by atomic mass is 15.2. The average molecular weight is 199 g/mol. The summed E-state index contributed by atoms with van der Waals surface area (Å²) in [4.78, 5) is 6.51. The predicted molar refractivity (Wildman–Crippen MR) is 58.6 cm³/mol. The van der Waals surface area contributed by atoms with Crippen LogP contribution in [0.5, 0.6) is 0 Å². The van der Waals surface area contributed by atoms with Crippen LogP contribution in [0.4, 0.5) is 0 Å². The maximum Gasteiger partial charge on any atom is 0.0934 e. The van der Waals surface area contributed by atoms with Crippen LogP contribution in [0.2, 0.25) is 0 Å². The lowest BCUT2D eigenvalue weighted by molar-refractivity contribution is 0.491. The first-order valence-electron chi connectivity index (χ1n) is 5.18. The lowest BCUT2D eigenvalue weighted by atomic mass is 10.2. The van der Waals surface area contributed by atoms with Crippen LogP contribution in [0, 0.1) is 11.3 Å². The molecule has 0 radical (unpaired) electrons. The Morgan fingerprint density at radius 2 is 2.20 bits per heavy atom. The Kier molecular flexibility index (Phi) is 2.99. The summed E-state index contributed by atoms with van der Waals surface area (Å²) in [6.07, 6.45) is 5.76. The predicted octanol–water partition coefficient (Wildman–Crippen LogP) is 2.04. The molecule has 0 bridgehead atoms. The third-order valence-electron chi connectivity index (χ3n) is 2.58. The molecule has 1 fully saturated rings. The number of rotatable bonds is 2. The number of hydrogen-bond acceptors (Lipinski definition) is 3. The average Bonchev–Trinajstić information content (AvgIpc) is 2.80. The van der Waals surface area contributed by atoms with Crippen molar-refractivity contribution in [3.8, 4) is 6.07 Å². The highest BCUT2D eigenvalue weighted by Gasteiger charge is 2.16. The minimum Gasteiger partial charge on any atom is -0.369 e. The van der Waals surface area contributed by atoms with Crippen LogP contribution in [-0.2, 0) is 0 Å². The highest BCUT2D eigenvalue weighted by molar-refractivity contribution is 5.63. The van der Waals surface area contributed by atoms with Gasteiger partial charge in [0.05, 0.1) is 17.5 Å². The van der Waals surface area contributed by atoms with Crippen molar-refractivity contribution in [1.82, 2.24) is 9.88 Å². The van der Waals surface area contributed by atoms with Gasteiger partial charge in [-0.2, -0.15) is 5.26 Å². The van der Waals surface area contributed by atoms with Crippen LogP contribution in [0.15, 0.2) is 30.5 Å². The molecule has 1 aliphatic rings. The van der Waals surface area contributed by atoms with Gasteiger partial charge in [-0.1, -0.05) is 6.07 Å². The van der Waals surface area contributed by atoms with E-state index in [0.29, 0.717) is 0 Å². The Morgan fingerprint density at radius 3 is 2.80 bits per heavy atom. The molecular weight excluding hydrogens is 186 g/mol. The maximum absolute atomic E-state index is 8.78. The van der Waals surface area contributed by atoms with Crippen molar-refractivity contribution in [2.24, 2.45) is 0 Å². The fourth-order valence-corrected chi connectivity index (χ4v) is 1.86. The van der Waals surface area contributed by atoms with E-state index in [4.69, 9.17) is 5.26 Å². The molecule has 2 rings (SSSR count). The summed E-state index contributed by atoms with van der Waals surface area (Å²) < 4.78 is 0. The van der Waals surface area contributed by atoms with Gasteiger partial charge in [-0.3, -0.25) is 4.98 Å². The summed E-state index contributed by atoms with van der Waals surface area (Å²) in [5, 5.41) is 8.78. The minimum atomic E-state index is 0.890. The maximum atomic E-state index is 8.78. The first kappa shape index (κ1) is 9.72. The van der Waals surface area contributed by atoms with E-state index in [2.05, 4.69) is 16.0 Å². The second-order valence-corrected chi connectivity index (χ2v) is 3.57. The van der Waals surface area contributed by atoms with Crippen LogP contribution >= 0.6 is 0 Å². The summed E-state index contributed by atoms with van der Waals surface area (Å²) >= 11 is 0. The largest absolute Gasteiger partial charge is 0.369 e. The number of aromatic nitrogens is 1. The second-order valence-electron chi connectivity index (χ2n) is 3.57.